The van der Waals surface area contributed by atoms with Crippen LogP contribution in [0.2, 0.25) is 0 Å². The van der Waals surface area contributed by atoms with Crippen LogP contribution in [-0.4, -0.2) is 59.7 Å². The number of β-amino-alcohol motifs (C(OH)–C–C–N with tert-alkyl or cyclic N) is 1. The van der Waals surface area contributed by atoms with Crippen LogP contribution in [-0.2, 0) is 4.74 Å². The lowest BCUT2D eigenvalue weighted by atomic mass is 10.1. The van der Waals surface area contributed by atoms with Gasteiger partial charge in [0, 0.05) is 19.7 Å². The number of hydrogen-bond acceptors (Lipinski definition) is 4. The van der Waals surface area contributed by atoms with Gasteiger partial charge in [-0.1, -0.05) is 0 Å². The Morgan fingerprint density at radius 2 is 2.12 bits per heavy atom. The first-order valence-electron chi connectivity index (χ1n) is 6.06. The van der Waals surface area contributed by atoms with Gasteiger partial charge in [-0.2, -0.15) is 0 Å². The van der Waals surface area contributed by atoms with Gasteiger partial charge in [-0.3, -0.25) is 0 Å². The Hall–Kier alpha value is -0.160. The SMILES string of the molecule is CC(C)(C)OCC(O)CN1CCC(CO)C1. The topological polar surface area (TPSA) is 52.9 Å². The molecular weight excluding hydrogens is 206 g/mol. The van der Waals surface area contributed by atoms with Gasteiger partial charge in [0.25, 0.3) is 0 Å². The highest BCUT2D eigenvalue weighted by Crippen LogP contribution is 2.16. The molecule has 1 aliphatic heterocycles. The van der Waals surface area contributed by atoms with Crippen LogP contribution >= 0.6 is 0 Å². The molecule has 2 unspecified atom stereocenters. The van der Waals surface area contributed by atoms with Crippen molar-refractivity contribution in [2.75, 3.05) is 32.8 Å². The van der Waals surface area contributed by atoms with Crippen molar-refractivity contribution >= 4 is 0 Å². The van der Waals surface area contributed by atoms with Gasteiger partial charge in [0.1, 0.15) is 0 Å². The summed E-state index contributed by atoms with van der Waals surface area (Å²) in [4.78, 5) is 2.19. The minimum atomic E-state index is -0.434. The largest absolute Gasteiger partial charge is 0.396 e. The van der Waals surface area contributed by atoms with Crippen molar-refractivity contribution in [3.8, 4) is 0 Å². The van der Waals surface area contributed by atoms with E-state index in [0.717, 1.165) is 19.5 Å². The van der Waals surface area contributed by atoms with Crippen molar-refractivity contribution in [1.29, 1.82) is 0 Å². The molecule has 0 aromatic rings. The van der Waals surface area contributed by atoms with Crippen molar-refractivity contribution in [1.82, 2.24) is 4.90 Å². The molecule has 1 saturated heterocycles. The number of aliphatic hydroxyl groups is 2. The summed E-state index contributed by atoms with van der Waals surface area (Å²) in [5, 5.41) is 18.8. The van der Waals surface area contributed by atoms with Crippen LogP contribution in [0.25, 0.3) is 0 Å². The van der Waals surface area contributed by atoms with Gasteiger partial charge in [-0.15, -0.1) is 0 Å². The lowest BCUT2D eigenvalue weighted by Crippen LogP contribution is -2.36. The monoisotopic (exact) mass is 231 g/mol. The summed E-state index contributed by atoms with van der Waals surface area (Å²) in [6.07, 6.45) is 0.597. The van der Waals surface area contributed by atoms with E-state index >= 15 is 0 Å². The van der Waals surface area contributed by atoms with Crippen LogP contribution in [0.4, 0.5) is 0 Å². The van der Waals surface area contributed by atoms with Gasteiger partial charge < -0.3 is 19.8 Å². The predicted octanol–water partition coefficient (Wildman–Crippen LogP) is 0.477. The van der Waals surface area contributed by atoms with Gasteiger partial charge in [0.2, 0.25) is 0 Å². The highest BCUT2D eigenvalue weighted by Gasteiger charge is 2.24. The smallest absolute Gasteiger partial charge is 0.0900 e. The second-order valence-corrected chi connectivity index (χ2v) is 5.67. The van der Waals surface area contributed by atoms with Crippen LogP contribution in [0.15, 0.2) is 0 Å². The molecule has 1 aliphatic rings. The molecule has 0 radical (unpaired) electrons. The molecule has 0 aliphatic carbocycles. The third-order valence-corrected chi connectivity index (χ3v) is 2.81. The van der Waals surface area contributed by atoms with Gasteiger partial charge in [-0.05, 0) is 39.7 Å². The van der Waals surface area contributed by atoms with Gasteiger partial charge in [0.15, 0.2) is 0 Å². The summed E-state index contributed by atoms with van der Waals surface area (Å²) >= 11 is 0. The molecule has 1 rings (SSSR count). The first kappa shape index (κ1) is 13.9. The summed E-state index contributed by atoms with van der Waals surface area (Å²) in [7, 11) is 0. The Morgan fingerprint density at radius 1 is 1.44 bits per heavy atom. The zero-order valence-electron chi connectivity index (χ0n) is 10.6. The number of aliphatic hydroxyl groups excluding tert-OH is 2. The Balaban J connectivity index is 2.17. The number of ether oxygens (including phenoxy) is 1. The van der Waals surface area contributed by atoms with E-state index in [9.17, 15) is 5.11 Å². The molecule has 0 aromatic carbocycles. The second-order valence-electron chi connectivity index (χ2n) is 5.67. The minimum Gasteiger partial charge on any atom is -0.396 e. The van der Waals surface area contributed by atoms with E-state index in [4.69, 9.17) is 9.84 Å². The Labute approximate surface area is 98.2 Å². The van der Waals surface area contributed by atoms with Crippen molar-refractivity contribution in [2.45, 2.75) is 38.9 Å². The zero-order chi connectivity index (χ0) is 12.2. The van der Waals surface area contributed by atoms with Crippen LogP contribution < -0.4 is 0 Å². The molecule has 0 amide bonds. The van der Waals surface area contributed by atoms with Gasteiger partial charge in [-0.25, -0.2) is 0 Å². The number of hydrogen-bond donors (Lipinski definition) is 2. The van der Waals surface area contributed by atoms with Gasteiger partial charge >= 0.3 is 0 Å². The average Bonchev–Trinajstić information content (AvgIpc) is 2.61. The lowest BCUT2D eigenvalue weighted by Gasteiger charge is -2.24. The van der Waals surface area contributed by atoms with Crippen molar-refractivity contribution in [3.63, 3.8) is 0 Å². The van der Waals surface area contributed by atoms with Crippen LogP contribution in [0.1, 0.15) is 27.2 Å². The fourth-order valence-electron chi connectivity index (χ4n) is 1.92. The summed E-state index contributed by atoms with van der Waals surface area (Å²) in [6, 6.07) is 0. The fourth-order valence-corrected chi connectivity index (χ4v) is 1.92. The highest BCUT2D eigenvalue weighted by atomic mass is 16.5. The molecule has 96 valence electrons. The van der Waals surface area contributed by atoms with E-state index in [-0.39, 0.29) is 12.2 Å². The average molecular weight is 231 g/mol. The maximum Gasteiger partial charge on any atom is 0.0900 e. The number of nitrogens with zero attached hydrogens (tertiary/aromatic N) is 1. The molecule has 2 atom stereocenters. The maximum absolute atomic E-state index is 9.80. The predicted molar refractivity (Wildman–Crippen MR) is 63.3 cm³/mol. The van der Waals surface area contributed by atoms with Crippen LogP contribution in [0.5, 0.6) is 0 Å². The minimum absolute atomic E-state index is 0.195. The van der Waals surface area contributed by atoms with Crippen LogP contribution in [0.3, 0.4) is 0 Å². The molecule has 1 fully saturated rings. The number of rotatable bonds is 5. The first-order valence-corrected chi connectivity index (χ1v) is 6.06. The Morgan fingerprint density at radius 3 is 2.62 bits per heavy atom. The van der Waals surface area contributed by atoms with Crippen LogP contribution in [0, 0.1) is 5.92 Å². The maximum atomic E-state index is 9.80. The molecular formula is C12H25NO3. The van der Waals surface area contributed by atoms with Crippen molar-refractivity contribution < 1.29 is 14.9 Å². The van der Waals surface area contributed by atoms with Crippen molar-refractivity contribution in [2.24, 2.45) is 5.92 Å². The van der Waals surface area contributed by atoms with E-state index in [2.05, 4.69) is 4.90 Å². The third kappa shape index (κ3) is 5.25. The standard InChI is InChI=1S/C12H25NO3/c1-12(2,3)16-9-11(15)7-13-5-4-10(6-13)8-14/h10-11,14-15H,4-9H2,1-3H3. The molecule has 0 aromatic heterocycles. The van der Waals surface area contributed by atoms with E-state index < -0.39 is 6.10 Å². The van der Waals surface area contributed by atoms with E-state index in [1.165, 1.54) is 0 Å². The molecule has 0 spiro atoms. The lowest BCUT2D eigenvalue weighted by molar-refractivity contribution is -0.0550. The van der Waals surface area contributed by atoms with E-state index in [0.29, 0.717) is 19.1 Å². The molecule has 1 heterocycles. The summed E-state index contributed by atoms with van der Waals surface area (Å²) in [6.45, 7) is 9.09. The Kier molecular flexibility index (Phi) is 5.18. The summed E-state index contributed by atoms with van der Waals surface area (Å²) < 4.78 is 5.53. The summed E-state index contributed by atoms with van der Waals surface area (Å²) in [5.41, 5.74) is -0.195. The zero-order valence-corrected chi connectivity index (χ0v) is 10.6. The molecule has 4 nitrogen and oxygen atoms in total. The fraction of sp³-hybridized carbons (Fsp3) is 1.00. The third-order valence-electron chi connectivity index (χ3n) is 2.81. The molecule has 4 heteroatoms. The molecule has 0 saturated carbocycles. The van der Waals surface area contributed by atoms with Crippen molar-refractivity contribution in [3.05, 3.63) is 0 Å². The first-order chi connectivity index (χ1) is 7.40. The van der Waals surface area contributed by atoms with E-state index in [1.807, 2.05) is 20.8 Å². The quantitative estimate of drug-likeness (QED) is 0.722. The second kappa shape index (κ2) is 5.96. The Bertz CT molecular complexity index is 203. The number of likely N-dealkylation sites (tertiary alicyclic amines) is 1. The van der Waals surface area contributed by atoms with E-state index in [1.54, 1.807) is 0 Å². The normalized spacial score (nSPS) is 24.9. The molecule has 16 heavy (non-hydrogen) atoms. The van der Waals surface area contributed by atoms with Gasteiger partial charge in [0.05, 0.1) is 18.3 Å². The highest BCUT2D eigenvalue weighted by molar-refractivity contribution is 4.77. The molecule has 0 bridgehead atoms. The molecule has 2 N–H and O–H groups in total. The summed E-state index contributed by atoms with van der Waals surface area (Å²) in [5.74, 6) is 0.385.